The molecule has 0 atom stereocenters. The summed E-state index contributed by atoms with van der Waals surface area (Å²) in [6, 6.07) is 10.6. The van der Waals surface area contributed by atoms with E-state index in [1.807, 2.05) is 31.2 Å². The number of hydrogen-bond acceptors (Lipinski definition) is 3. The van der Waals surface area contributed by atoms with E-state index in [2.05, 4.69) is 5.32 Å². The van der Waals surface area contributed by atoms with E-state index in [9.17, 15) is 13.6 Å². The molecule has 0 aromatic heterocycles. The van der Waals surface area contributed by atoms with E-state index in [1.165, 1.54) is 6.07 Å². The highest BCUT2D eigenvalue weighted by Crippen LogP contribution is 2.15. The van der Waals surface area contributed by atoms with Gasteiger partial charge in [0.25, 0.3) is 0 Å². The summed E-state index contributed by atoms with van der Waals surface area (Å²) in [5.41, 5.74) is 0.998. The molecule has 6 heteroatoms. The van der Waals surface area contributed by atoms with E-state index in [0.29, 0.717) is 13.2 Å². The molecule has 0 saturated heterocycles. The van der Waals surface area contributed by atoms with Crippen LogP contribution in [0.5, 0.6) is 5.75 Å². The first kappa shape index (κ1) is 17.9. The van der Waals surface area contributed by atoms with Crippen LogP contribution in [-0.2, 0) is 11.3 Å². The highest BCUT2D eigenvalue weighted by molar-refractivity contribution is 5.92. The monoisotopic (exact) mass is 334 g/mol. The number of nitrogens with zero attached hydrogens (tertiary/aromatic N) is 1. The molecule has 0 spiro atoms. The SMILES string of the molecule is CCOc1ccc(CN(C)CC(=O)Nc2ccc(F)cc2F)cc1. The Morgan fingerprint density at radius 2 is 1.88 bits per heavy atom. The van der Waals surface area contributed by atoms with Gasteiger partial charge in [0.15, 0.2) is 0 Å². The number of ether oxygens (including phenoxy) is 1. The molecular weight excluding hydrogens is 314 g/mol. The van der Waals surface area contributed by atoms with Crippen LogP contribution in [0.2, 0.25) is 0 Å². The van der Waals surface area contributed by atoms with Gasteiger partial charge in [-0.05, 0) is 43.8 Å². The fraction of sp³-hybridized carbons (Fsp3) is 0.278. The molecule has 24 heavy (non-hydrogen) atoms. The standard InChI is InChI=1S/C18H20F2N2O2/c1-3-24-15-7-4-13(5-8-15)11-22(2)12-18(23)21-17-9-6-14(19)10-16(17)20/h4-10H,3,11-12H2,1-2H3,(H,21,23). The Morgan fingerprint density at radius 3 is 2.50 bits per heavy atom. The lowest BCUT2D eigenvalue weighted by molar-refractivity contribution is -0.117. The molecule has 1 amide bonds. The number of nitrogens with one attached hydrogen (secondary N) is 1. The zero-order valence-electron chi connectivity index (χ0n) is 13.7. The molecular formula is C18H20F2N2O2. The van der Waals surface area contributed by atoms with Crippen molar-refractivity contribution in [1.82, 2.24) is 4.90 Å². The molecule has 1 N–H and O–H groups in total. The maximum absolute atomic E-state index is 13.5. The van der Waals surface area contributed by atoms with Crippen molar-refractivity contribution in [2.75, 3.05) is 25.5 Å². The first-order chi connectivity index (χ1) is 11.5. The van der Waals surface area contributed by atoms with Crippen molar-refractivity contribution in [1.29, 1.82) is 0 Å². The summed E-state index contributed by atoms with van der Waals surface area (Å²) >= 11 is 0. The zero-order chi connectivity index (χ0) is 17.5. The Balaban J connectivity index is 1.86. The molecule has 0 aliphatic heterocycles. The lowest BCUT2D eigenvalue weighted by atomic mass is 10.2. The van der Waals surface area contributed by atoms with Gasteiger partial charge in [0.1, 0.15) is 17.4 Å². The van der Waals surface area contributed by atoms with Crippen LogP contribution in [0.15, 0.2) is 42.5 Å². The van der Waals surface area contributed by atoms with Gasteiger partial charge in [-0.25, -0.2) is 8.78 Å². The van der Waals surface area contributed by atoms with E-state index >= 15 is 0 Å². The Kier molecular flexibility index (Phi) is 6.26. The number of anilines is 1. The average Bonchev–Trinajstić information content (AvgIpc) is 2.52. The number of carbonyl (C=O) groups is 1. The van der Waals surface area contributed by atoms with Gasteiger partial charge in [-0.1, -0.05) is 12.1 Å². The fourth-order valence-corrected chi connectivity index (χ4v) is 2.25. The fourth-order valence-electron chi connectivity index (χ4n) is 2.25. The van der Waals surface area contributed by atoms with E-state index in [4.69, 9.17) is 4.74 Å². The number of likely N-dealkylation sites (N-methyl/N-ethyl adjacent to an activating group) is 1. The number of benzene rings is 2. The van der Waals surface area contributed by atoms with Crippen molar-refractivity contribution in [3.63, 3.8) is 0 Å². The normalized spacial score (nSPS) is 10.7. The number of halogens is 2. The van der Waals surface area contributed by atoms with Crippen LogP contribution in [0.4, 0.5) is 14.5 Å². The van der Waals surface area contributed by atoms with E-state index < -0.39 is 11.6 Å². The smallest absolute Gasteiger partial charge is 0.238 e. The van der Waals surface area contributed by atoms with Crippen molar-refractivity contribution < 1.29 is 18.3 Å². The Hall–Kier alpha value is -2.47. The second-order valence-corrected chi connectivity index (χ2v) is 5.42. The van der Waals surface area contributed by atoms with Gasteiger partial charge in [-0.2, -0.15) is 0 Å². The highest BCUT2D eigenvalue weighted by Gasteiger charge is 2.11. The lowest BCUT2D eigenvalue weighted by Gasteiger charge is -2.17. The quantitative estimate of drug-likeness (QED) is 0.843. The minimum absolute atomic E-state index is 0.0316. The largest absolute Gasteiger partial charge is 0.494 e. The molecule has 0 bridgehead atoms. The van der Waals surface area contributed by atoms with Crippen LogP contribution >= 0.6 is 0 Å². The number of hydrogen-bond donors (Lipinski definition) is 1. The number of amides is 1. The van der Waals surface area contributed by atoms with Crippen LogP contribution in [0.25, 0.3) is 0 Å². The average molecular weight is 334 g/mol. The Labute approximate surface area is 140 Å². The third kappa shape index (κ3) is 5.31. The first-order valence-corrected chi connectivity index (χ1v) is 7.63. The van der Waals surface area contributed by atoms with Gasteiger partial charge in [0, 0.05) is 12.6 Å². The summed E-state index contributed by atoms with van der Waals surface area (Å²) in [4.78, 5) is 13.8. The third-order valence-corrected chi connectivity index (χ3v) is 3.31. The van der Waals surface area contributed by atoms with Crippen LogP contribution in [0.3, 0.4) is 0 Å². The van der Waals surface area contributed by atoms with Gasteiger partial charge in [-0.3, -0.25) is 9.69 Å². The minimum Gasteiger partial charge on any atom is -0.494 e. The molecule has 0 saturated carbocycles. The zero-order valence-corrected chi connectivity index (χ0v) is 13.7. The molecule has 0 aliphatic carbocycles. The molecule has 2 rings (SSSR count). The maximum atomic E-state index is 13.5. The van der Waals surface area contributed by atoms with E-state index in [1.54, 1.807) is 11.9 Å². The summed E-state index contributed by atoms with van der Waals surface area (Å²) in [5.74, 6) is -1.04. The predicted molar refractivity (Wildman–Crippen MR) is 88.9 cm³/mol. The van der Waals surface area contributed by atoms with Gasteiger partial charge in [0.05, 0.1) is 18.8 Å². The van der Waals surface area contributed by atoms with Crippen molar-refractivity contribution in [3.8, 4) is 5.75 Å². The van der Waals surface area contributed by atoms with Crippen molar-refractivity contribution in [3.05, 3.63) is 59.7 Å². The topological polar surface area (TPSA) is 41.6 Å². The number of rotatable bonds is 7. The predicted octanol–water partition coefficient (Wildman–Crippen LogP) is 3.43. The van der Waals surface area contributed by atoms with Crippen LogP contribution in [0, 0.1) is 11.6 Å². The van der Waals surface area contributed by atoms with Gasteiger partial charge in [0.2, 0.25) is 5.91 Å². The van der Waals surface area contributed by atoms with Crippen molar-refractivity contribution in [2.24, 2.45) is 0 Å². The van der Waals surface area contributed by atoms with Crippen LogP contribution in [0.1, 0.15) is 12.5 Å². The maximum Gasteiger partial charge on any atom is 0.238 e. The molecule has 0 aliphatic rings. The van der Waals surface area contributed by atoms with Gasteiger partial charge >= 0.3 is 0 Å². The van der Waals surface area contributed by atoms with Crippen molar-refractivity contribution in [2.45, 2.75) is 13.5 Å². The molecule has 0 heterocycles. The molecule has 0 radical (unpaired) electrons. The summed E-state index contributed by atoms with van der Waals surface area (Å²) in [6.45, 7) is 3.18. The molecule has 4 nitrogen and oxygen atoms in total. The summed E-state index contributed by atoms with van der Waals surface area (Å²) < 4.78 is 31.7. The second-order valence-electron chi connectivity index (χ2n) is 5.42. The molecule has 2 aromatic rings. The number of carbonyl (C=O) groups excluding carboxylic acids is 1. The third-order valence-electron chi connectivity index (χ3n) is 3.31. The minimum atomic E-state index is -0.794. The lowest BCUT2D eigenvalue weighted by Crippen LogP contribution is -2.30. The van der Waals surface area contributed by atoms with E-state index in [0.717, 1.165) is 23.4 Å². The summed E-state index contributed by atoms with van der Waals surface area (Å²) in [7, 11) is 1.79. The second kappa shape index (κ2) is 8.40. The Morgan fingerprint density at radius 1 is 1.17 bits per heavy atom. The van der Waals surface area contributed by atoms with E-state index in [-0.39, 0.29) is 18.1 Å². The van der Waals surface area contributed by atoms with Gasteiger partial charge < -0.3 is 10.1 Å². The Bertz CT molecular complexity index is 690. The van der Waals surface area contributed by atoms with Crippen molar-refractivity contribution >= 4 is 11.6 Å². The summed E-state index contributed by atoms with van der Waals surface area (Å²) in [6.07, 6.45) is 0. The van der Waals surface area contributed by atoms with Crippen LogP contribution < -0.4 is 10.1 Å². The highest BCUT2D eigenvalue weighted by atomic mass is 19.1. The first-order valence-electron chi connectivity index (χ1n) is 7.63. The molecule has 0 fully saturated rings. The molecule has 0 unspecified atom stereocenters. The summed E-state index contributed by atoms with van der Waals surface area (Å²) in [5, 5.41) is 2.44. The molecule has 2 aromatic carbocycles. The van der Waals surface area contributed by atoms with Gasteiger partial charge in [-0.15, -0.1) is 0 Å². The molecule has 128 valence electrons. The van der Waals surface area contributed by atoms with Crippen LogP contribution in [-0.4, -0.2) is 31.0 Å².